The Morgan fingerprint density at radius 2 is 2.06 bits per heavy atom. The molecule has 0 saturated carbocycles. The van der Waals surface area contributed by atoms with Crippen LogP contribution in [0, 0.1) is 0 Å². The van der Waals surface area contributed by atoms with Crippen LogP contribution in [0.4, 0.5) is 0 Å². The molecule has 2 rings (SSSR count). The Morgan fingerprint density at radius 1 is 1.31 bits per heavy atom. The molecule has 1 aromatic heterocycles. The van der Waals surface area contributed by atoms with E-state index in [4.69, 9.17) is 5.73 Å². The van der Waals surface area contributed by atoms with E-state index in [2.05, 4.69) is 4.98 Å². The lowest BCUT2D eigenvalue weighted by Gasteiger charge is -1.99. The van der Waals surface area contributed by atoms with Gasteiger partial charge in [0.15, 0.2) is 0 Å². The molecule has 1 aromatic carbocycles. The van der Waals surface area contributed by atoms with Crippen molar-refractivity contribution in [2.45, 2.75) is 0 Å². The van der Waals surface area contributed by atoms with Crippen LogP contribution in [0.2, 0.25) is 0 Å². The number of rotatable bonds is 3. The van der Waals surface area contributed by atoms with Crippen LogP contribution in [0.25, 0.3) is 11.6 Å². The summed E-state index contributed by atoms with van der Waals surface area (Å²) in [5.41, 5.74) is 6.72. The molecule has 0 spiro atoms. The zero-order chi connectivity index (χ0) is 11.4. The highest BCUT2D eigenvalue weighted by molar-refractivity contribution is 7.11. The van der Waals surface area contributed by atoms with E-state index in [0.717, 1.165) is 5.56 Å². The van der Waals surface area contributed by atoms with Gasteiger partial charge in [0.1, 0.15) is 5.01 Å². The van der Waals surface area contributed by atoms with Crippen molar-refractivity contribution in [3.63, 3.8) is 0 Å². The van der Waals surface area contributed by atoms with Gasteiger partial charge in [-0.15, -0.1) is 11.3 Å². The summed E-state index contributed by atoms with van der Waals surface area (Å²) in [6, 6.07) is 9.57. The molecule has 0 unspecified atom stereocenters. The molecule has 0 bridgehead atoms. The average molecular weight is 230 g/mol. The van der Waals surface area contributed by atoms with Gasteiger partial charge in [-0.05, 0) is 11.6 Å². The highest BCUT2D eigenvalue weighted by Gasteiger charge is 2.10. The molecule has 2 N–H and O–H groups in total. The monoisotopic (exact) mass is 230 g/mol. The number of primary amides is 1. The fourth-order valence-electron chi connectivity index (χ4n) is 1.31. The molecule has 80 valence electrons. The molecular weight excluding hydrogens is 220 g/mol. The van der Waals surface area contributed by atoms with Crippen LogP contribution >= 0.6 is 11.3 Å². The van der Waals surface area contributed by atoms with Crippen molar-refractivity contribution in [3.8, 4) is 0 Å². The van der Waals surface area contributed by atoms with Crippen LogP contribution in [0.5, 0.6) is 0 Å². The van der Waals surface area contributed by atoms with Crippen LogP contribution < -0.4 is 5.73 Å². The summed E-state index contributed by atoms with van der Waals surface area (Å²) in [6.45, 7) is 0. The van der Waals surface area contributed by atoms with E-state index >= 15 is 0 Å². The van der Waals surface area contributed by atoms with Crippen LogP contribution in [-0.4, -0.2) is 10.9 Å². The van der Waals surface area contributed by atoms with E-state index in [0.29, 0.717) is 10.6 Å². The Morgan fingerprint density at radius 3 is 2.62 bits per heavy atom. The number of amides is 1. The van der Waals surface area contributed by atoms with E-state index < -0.39 is 5.91 Å². The van der Waals surface area contributed by atoms with E-state index in [-0.39, 0.29) is 0 Å². The Balaban J connectivity index is 2.42. The number of nitrogens with zero attached hydrogens (tertiary/aromatic N) is 1. The first-order valence-corrected chi connectivity index (χ1v) is 5.62. The topological polar surface area (TPSA) is 56.0 Å². The van der Waals surface area contributed by atoms with Crippen molar-refractivity contribution in [1.82, 2.24) is 4.98 Å². The number of hydrogen-bond acceptors (Lipinski definition) is 3. The minimum Gasteiger partial charge on any atom is -0.366 e. The molecule has 0 atom stereocenters. The third-order valence-electron chi connectivity index (χ3n) is 2.04. The first-order chi connectivity index (χ1) is 7.77. The van der Waals surface area contributed by atoms with Gasteiger partial charge in [-0.3, -0.25) is 4.79 Å². The van der Waals surface area contributed by atoms with Gasteiger partial charge in [0.25, 0.3) is 5.91 Å². The van der Waals surface area contributed by atoms with Gasteiger partial charge >= 0.3 is 0 Å². The Hall–Kier alpha value is -1.94. The van der Waals surface area contributed by atoms with Crippen LogP contribution in [0.15, 0.2) is 41.9 Å². The van der Waals surface area contributed by atoms with E-state index in [1.165, 1.54) is 11.3 Å². The van der Waals surface area contributed by atoms with Gasteiger partial charge in [0.05, 0.1) is 5.57 Å². The maximum atomic E-state index is 11.3. The van der Waals surface area contributed by atoms with Crippen LogP contribution in [0.3, 0.4) is 0 Å². The lowest BCUT2D eigenvalue weighted by Crippen LogP contribution is -2.12. The molecule has 1 heterocycles. The maximum Gasteiger partial charge on any atom is 0.251 e. The molecular formula is C12H10N2OS. The van der Waals surface area contributed by atoms with Crippen LogP contribution in [0.1, 0.15) is 10.6 Å². The van der Waals surface area contributed by atoms with Crippen molar-refractivity contribution in [1.29, 1.82) is 0 Å². The molecule has 16 heavy (non-hydrogen) atoms. The summed E-state index contributed by atoms with van der Waals surface area (Å²) in [4.78, 5) is 15.4. The normalized spacial score (nSPS) is 11.4. The van der Waals surface area contributed by atoms with E-state index in [9.17, 15) is 4.79 Å². The van der Waals surface area contributed by atoms with Crippen molar-refractivity contribution < 1.29 is 4.79 Å². The third kappa shape index (κ3) is 2.35. The fourth-order valence-corrected chi connectivity index (χ4v) is 1.97. The quantitative estimate of drug-likeness (QED) is 0.821. The number of hydrogen-bond donors (Lipinski definition) is 1. The van der Waals surface area contributed by atoms with Gasteiger partial charge in [-0.25, -0.2) is 4.98 Å². The first-order valence-electron chi connectivity index (χ1n) is 4.74. The standard InChI is InChI=1S/C12H10N2OS/c13-11(15)10(12-14-6-7-16-12)8-9-4-2-1-3-5-9/h1-8H,(H2,13,15). The molecule has 0 fully saturated rings. The van der Waals surface area contributed by atoms with Gasteiger partial charge in [0, 0.05) is 11.6 Å². The molecule has 3 nitrogen and oxygen atoms in total. The van der Waals surface area contributed by atoms with Crippen molar-refractivity contribution in [2.24, 2.45) is 5.73 Å². The van der Waals surface area contributed by atoms with Gasteiger partial charge in [-0.2, -0.15) is 0 Å². The zero-order valence-corrected chi connectivity index (χ0v) is 9.28. The minimum absolute atomic E-state index is 0.446. The summed E-state index contributed by atoms with van der Waals surface area (Å²) in [5.74, 6) is -0.459. The molecule has 4 heteroatoms. The summed E-state index contributed by atoms with van der Waals surface area (Å²) in [6.07, 6.45) is 3.41. The SMILES string of the molecule is NC(=O)C(=Cc1ccccc1)c1nccs1. The molecule has 0 saturated heterocycles. The number of carbonyl (C=O) groups excluding carboxylic acids is 1. The van der Waals surface area contributed by atoms with Crippen LogP contribution in [-0.2, 0) is 4.79 Å². The van der Waals surface area contributed by atoms with Gasteiger partial charge < -0.3 is 5.73 Å². The highest BCUT2D eigenvalue weighted by atomic mass is 32.1. The third-order valence-corrected chi connectivity index (χ3v) is 2.85. The Bertz CT molecular complexity index is 503. The van der Waals surface area contributed by atoms with Crippen molar-refractivity contribution >= 4 is 28.9 Å². The largest absolute Gasteiger partial charge is 0.366 e. The number of carbonyl (C=O) groups is 1. The summed E-state index contributed by atoms with van der Waals surface area (Å²) in [5, 5.41) is 2.47. The minimum atomic E-state index is -0.459. The molecule has 0 aliphatic heterocycles. The summed E-state index contributed by atoms with van der Waals surface area (Å²) in [7, 11) is 0. The lowest BCUT2D eigenvalue weighted by molar-refractivity contribution is -0.112. The van der Waals surface area contributed by atoms with E-state index in [1.807, 2.05) is 35.7 Å². The Labute approximate surface area is 97.3 Å². The average Bonchev–Trinajstić information content (AvgIpc) is 2.80. The summed E-state index contributed by atoms with van der Waals surface area (Å²) >= 11 is 1.40. The van der Waals surface area contributed by atoms with E-state index in [1.54, 1.807) is 12.3 Å². The maximum absolute atomic E-state index is 11.3. The smallest absolute Gasteiger partial charge is 0.251 e. The zero-order valence-electron chi connectivity index (χ0n) is 8.46. The van der Waals surface area contributed by atoms with Crippen molar-refractivity contribution in [2.75, 3.05) is 0 Å². The number of benzene rings is 1. The predicted octanol–water partition coefficient (Wildman–Crippen LogP) is 2.17. The molecule has 0 aliphatic carbocycles. The number of aromatic nitrogens is 1. The summed E-state index contributed by atoms with van der Waals surface area (Å²) < 4.78 is 0. The second-order valence-corrected chi connectivity index (χ2v) is 4.06. The fraction of sp³-hybridized carbons (Fsp3) is 0. The second kappa shape index (κ2) is 4.72. The lowest BCUT2D eigenvalue weighted by atomic mass is 10.1. The molecule has 0 aliphatic rings. The number of nitrogens with two attached hydrogens (primary N) is 1. The molecule has 2 aromatic rings. The van der Waals surface area contributed by atoms with Crippen molar-refractivity contribution in [3.05, 3.63) is 52.5 Å². The molecule has 0 radical (unpaired) electrons. The number of thiazole rings is 1. The molecule has 1 amide bonds. The highest BCUT2D eigenvalue weighted by Crippen LogP contribution is 2.19. The van der Waals surface area contributed by atoms with Gasteiger partial charge in [-0.1, -0.05) is 30.3 Å². The Kier molecular flexibility index (Phi) is 3.12. The second-order valence-electron chi connectivity index (χ2n) is 3.17. The predicted molar refractivity (Wildman–Crippen MR) is 65.6 cm³/mol. The first kappa shape index (κ1) is 10.6. The van der Waals surface area contributed by atoms with Gasteiger partial charge in [0.2, 0.25) is 0 Å².